The fourth-order valence-corrected chi connectivity index (χ4v) is 5.88. The number of benzene rings is 1. The Morgan fingerprint density at radius 1 is 1.31 bits per heavy atom. The minimum absolute atomic E-state index is 0.260. The zero-order valence-electron chi connectivity index (χ0n) is 22.3. The monoisotopic (exact) mass is 579 g/mol. The third-order valence-electron chi connectivity index (χ3n) is 6.96. The first-order chi connectivity index (χ1) is 18.5. The summed E-state index contributed by atoms with van der Waals surface area (Å²) in [6.07, 6.45) is 8.81. The highest BCUT2D eigenvalue weighted by molar-refractivity contribution is 7.87. The lowest BCUT2D eigenvalue weighted by atomic mass is 9.77. The number of rotatable bonds is 8. The average molecular weight is 580 g/mol. The maximum atomic E-state index is 13.5. The summed E-state index contributed by atoms with van der Waals surface area (Å²) in [4.78, 5) is 29.1. The van der Waals surface area contributed by atoms with Gasteiger partial charge in [0, 0.05) is 70.7 Å². The second-order valence-electron chi connectivity index (χ2n) is 9.90. The fourth-order valence-electron chi connectivity index (χ4n) is 4.80. The van der Waals surface area contributed by atoms with Crippen molar-refractivity contribution in [2.75, 3.05) is 40.8 Å². The van der Waals surface area contributed by atoms with Crippen LogP contribution >= 0.6 is 11.6 Å². The van der Waals surface area contributed by atoms with E-state index in [9.17, 15) is 18.0 Å². The molecule has 1 aromatic carbocycles. The molecule has 4 atom stereocenters. The number of fused-ring (bicyclic) bond motifs is 1. The van der Waals surface area contributed by atoms with Crippen LogP contribution in [0.5, 0.6) is 11.5 Å². The molecule has 0 fully saturated rings. The molecule has 1 aromatic rings. The quantitative estimate of drug-likeness (QED) is 0.242. The minimum atomic E-state index is -3.73. The molecule has 0 bridgehead atoms. The zero-order chi connectivity index (χ0) is 28.3. The molecule has 1 amide bonds. The van der Waals surface area contributed by atoms with Crippen LogP contribution in [-0.2, 0) is 15.0 Å². The first-order valence-corrected chi connectivity index (χ1v) is 14.5. The summed E-state index contributed by atoms with van der Waals surface area (Å²) in [5, 5.41) is 2.48. The van der Waals surface area contributed by atoms with Crippen molar-refractivity contribution in [3.63, 3.8) is 0 Å². The molecule has 0 saturated heterocycles. The van der Waals surface area contributed by atoms with Gasteiger partial charge in [-0.1, -0.05) is 18.2 Å². The summed E-state index contributed by atoms with van der Waals surface area (Å²) in [7, 11) is 0.765. The molecule has 3 aliphatic rings. The molecule has 11 nitrogen and oxygen atoms in total. The summed E-state index contributed by atoms with van der Waals surface area (Å²) in [5.74, 6) is -0.584. The van der Waals surface area contributed by atoms with Crippen LogP contribution in [0.1, 0.15) is 23.5 Å². The molecule has 2 heterocycles. The van der Waals surface area contributed by atoms with Crippen LogP contribution in [0.3, 0.4) is 0 Å². The average Bonchev–Trinajstić information content (AvgIpc) is 2.89. The highest BCUT2D eigenvalue weighted by atomic mass is 35.5. The van der Waals surface area contributed by atoms with Gasteiger partial charge in [0.2, 0.25) is 0 Å². The molecular formula is C26H34ClN5O6S. The topological polar surface area (TPSA) is 129 Å². The van der Waals surface area contributed by atoms with E-state index in [2.05, 4.69) is 19.7 Å². The molecule has 4 rings (SSSR count). The number of nitrogens with zero attached hydrogens (tertiary/aromatic N) is 2. The summed E-state index contributed by atoms with van der Waals surface area (Å²) in [6.45, 7) is 3.93. The lowest BCUT2D eigenvalue weighted by molar-refractivity contribution is -0.141. The Morgan fingerprint density at radius 3 is 2.74 bits per heavy atom. The third kappa shape index (κ3) is 6.75. The van der Waals surface area contributed by atoms with E-state index in [4.69, 9.17) is 21.1 Å². The van der Waals surface area contributed by atoms with Crippen molar-refractivity contribution in [2.24, 2.45) is 5.92 Å². The first-order valence-electron chi connectivity index (χ1n) is 12.6. The van der Waals surface area contributed by atoms with E-state index in [0.717, 1.165) is 29.8 Å². The van der Waals surface area contributed by atoms with Gasteiger partial charge in [-0.05, 0) is 30.5 Å². The Labute approximate surface area is 234 Å². The van der Waals surface area contributed by atoms with Crippen LogP contribution in [0.2, 0.25) is 0 Å². The van der Waals surface area contributed by atoms with Crippen molar-refractivity contribution in [1.29, 1.82) is 0 Å². The second kappa shape index (κ2) is 12.0. The van der Waals surface area contributed by atoms with Crippen molar-refractivity contribution >= 4 is 33.9 Å². The highest BCUT2D eigenvalue weighted by Crippen LogP contribution is 2.45. The van der Waals surface area contributed by atoms with Crippen LogP contribution in [0.15, 0.2) is 48.3 Å². The molecule has 0 radical (unpaired) electrons. The number of carbonyl (C=O) groups excluding carboxylic acids is 2. The van der Waals surface area contributed by atoms with Crippen molar-refractivity contribution < 1.29 is 27.5 Å². The van der Waals surface area contributed by atoms with Crippen LogP contribution in [0.25, 0.3) is 0 Å². The molecule has 13 heteroatoms. The van der Waals surface area contributed by atoms with Gasteiger partial charge in [0.1, 0.15) is 11.5 Å². The van der Waals surface area contributed by atoms with E-state index >= 15 is 0 Å². The molecule has 212 valence electrons. The lowest BCUT2D eigenvalue weighted by Crippen LogP contribution is -2.46. The van der Waals surface area contributed by atoms with E-state index in [1.165, 1.54) is 11.9 Å². The molecule has 1 aliphatic carbocycles. The third-order valence-corrected chi connectivity index (χ3v) is 8.63. The predicted molar refractivity (Wildman–Crippen MR) is 148 cm³/mol. The Balaban J connectivity index is 1.65. The smallest absolute Gasteiger partial charge is 0.414 e. The molecule has 39 heavy (non-hydrogen) atoms. The predicted octanol–water partition coefficient (Wildman–Crippen LogP) is 1.97. The number of carbonyl (C=O) groups is 2. The largest absolute Gasteiger partial charge is 0.426 e. The Kier molecular flexibility index (Phi) is 8.90. The first kappa shape index (κ1) is 28.9. The summed E-state index contributed by atoms with van der Waals surface area (Å²) >= 11 is 6.73. The number of aryl methyl sites for hydroxylation is 1. The normalized spacial score (nSPS) is 24.4. The molecule has 0 saturated carbocycles. The van der Waals surface area contributed by atoms with Gasteiger partial charge in [0.05, 0.1) is 17.3 Å². The Bertz CT molecular complexity index is 1310. The van der Waals surface area contributed by atoms with E-state index in [0.29, 0.717) is 18.0 Å². The van der Waals surface area contributed by atoms with E-state index in [1.54, 1.807) is 32.3 Å². The number of allylic oxidation sites excluding steroid dienone is 2. The Morgan fingerprint density at radius 2 is 2.08 bits per heavy atom. The van der Waals surface area contributed by atoms with E-state index < -0.39 is 39.6 Å². The van der Waals surface area contributed by atoms with Gasteiger partial charge in [-0.2, -0.15) is 13.1 Å². The maximum absolute atomic E-state index is 13.5. The van der Waals surface area contributed by atoms with Gasteiger partial charge in [-0.25, -0.2) is 9.52 Å². The number of halogens is 1. The van der Waals surface area contributed by atoms with Gasteiger partial charge in [0.25, 0.3) is 10.2 Å². The molecule has 4 unspecified atom stereocenters. The number of hydrogen-bond acceptors (Lipinski definition) is 8. The van der Waals surface area contributed by atoms with Crippen LogP contribution < -0.4 is 24.2 Å². The highest BCUT2D eigenvalue weighted by Gasteiger charge is 2.41. The maximum Gasteiger partial charge on any atom is 0.414 e. The van der Waals surface area contributed by atoms with Crippen molar-refractivity contribution in [1.82, 2.24) is 24.6 Å². The van der Waals surface area contributed by atoms with Crippen molar-refractivity contribution in [3.8, 4) is 11.5 Å². The van der Waals surface area contributed by atoms with Crippen LogP contribution in [-0.4, -0.2) is 82.5 Å². The lowest BCUT2D eigenvalue weighted by Gasteiger charge is -2.37. The van der Waals surface area contributed by atoms with Crippen molar-refractivity contribution in [2.45, 2.75) is 30.7 Å². The standard InChI is InChI=1S/C26H34ClN5O6S/c1-16-12-18-20(15-32-10-8-29-9-11-32)19(25(33)37-23(18)14-22(16)38-26(34)31(3)4)13-17-6-5-7-21(24(17)27)30-39(35,36)28-2/h5-8,10,12,14,19-21,24,28-30H,9,11,13,15H2,1-4H3. The molecule has 2 aliphatic heterocycles. The van der Waals surface area contributed by atoms with E-state index in [1.807, 2.05) is 31.5 Å². The summed E-state index contributed by atoms with van der Waals surface area (Å²) in [6, 6.07) is 2.82. The van der Waals surface area contributed by atoms with Gasteiger partial charge < -0.3 is 24.6 Å². The number of esters is 1. The number of alkyl halides is 1. The molecule has 0 spiro atoms. The number of hydrogen-bond donors (Lipinski definition) is 3. The fraction of sp³-hybridized carbons (Fsp3) is 0.462. The van der Waals surface area contributed by atoms with Crippen LogP contribution in [0, 0.1) is 12.8 Å². The zero-order valence-corrected chi connectivity index (χ0v) is 23.9. The Hall–Kier alpha value is -3.06. The molecule has 0 aromatic heterocycles. The van der Waals surface area contributed by atoms with Gasteiger partial charge in [-0.3, -0.25) is 4.79 Å². The number of amides is 1. The van der Waals surface area contributed by atoms with Crippen LogP contribution in [0.4, 0.5) is 4.79 Å². The van der Waals surface area contributed by atoms with E-state index in [-0.39, 0.29) is 12.3 Å². The summed E-state index contributed by atoms with van der Waals surface area (Å²) in [5.41, 5.74) is 2.29. The van der Waals surface area contributed by atoms with Gasteiger partial charge >= 0.3 is 12.1 Å². The molecular weight excluding hydrogens is 546 g/mol. The van der Waals surface area contributed by atoms with Crippen molar-refractivity contribution in [3.05, 3.63) is 59.5 Å². The second-order valence-corrected chi connectivity index (χ2v) is 12.0. The number of ether oxygens (including phenoxy) is 2. The van der Waals surface area contributed by atoms with Gasteiger partial charge in [0.15, 0.2) is 0 Å². The minimum Gasteiger partial charge on any atom is -0.426 e. The number of nitrogens with one attached hydrogen (secondary N) is 3. The van der Waals surface area contributed by atoms with Gasteiger partial charge in [-0.15, -0.1) is 11.6 Å². The SMILES string of the molecule is CNS(=O)(=O)NC1C=CC=C(CC2C(=O)Oc3cc(OC(=O)N(C)C)c(C)cc3C2CN2C=CNCC2)C1Cl. The molecule has 3 N–H and O–H groups in total. The summed E-state index contributed by atoms with van der Waals surface area (Å²) < 4.78 is 40.2.